The van der Waals surface area contributed by atoms with Gasteiger partial charge in [-0.2, -0.15) is 0 Å². The Morgan fingerprint density at radius 3 is 2.45 bits per heavy atom. The fourth-order valence-corrected chi connectivity index (χ4v) is 0.833. The van der Waals surface area contributed by atoms with Crippen LogP contribution in [0, 0.1) is 0 Å². The highest BCUT2D eigenvalue weighted by Gasteiger charge is 2.32. The highest BCUT2D eigenvalue weighted by Crippen LogP contribution is 2.10. The molecular formula is C5H8N2O4. The molecule has 0 aromatic rings. The van der Waals surface area contributed by atoms with Crippen LogP contribution in [0.3, 0.4) is 0 Å². The smallest absolute Gasteiger partial charge is 0.407 e. The van der Waals surface area contributed by atoms with E-state index in [0.29, 0.717) is 0 Å². The molecule has 1 aliphatic heterocycles. The molecule has 0 radical (unpaired) electrons. The molecular weight excluding hydrogens is 152 g/mol. The van der Waals surface area contributed by atoms with Gasteiger partial charge in [0.25, 0.3) is 0 Å². The number of carbonyl (C=O) groups is 2. The first-order chi connectivity index (χ1) is 5.09. The fourth-order valence-electron chi connectivity index (χ4n) is 0.833. The van der Waals surface area contributed by atoms with Gasteiger partial charge in [-0.1, -0.05) is 0 Å². The normalized spacial score (nSPS) is 17.3. The largest absolute Gasteiger partial charge is 0.465 e. The Kier molecular flexibility index (Phi) is 1.84. The standard InChI is InChI=1S/C5H8N2O4/c6-4(8)11-3-1-7(2-3)5(9)10/h3H,1-2H2,(H2,6,8)(H,9,10). The molecule has 0 aliphatic carbocycles. The average Bonchev–Trinajstić information content (AvgIpc) is 1.75. The number of amides is 2. The second-order valence-corrected chi connectivity index (χ2v) is 2.25. The van der Waals surface area contributed by atoms with Crippen LogP contribution in [0.25, 0.3) is 0 Å². The number of nitrogens with zero attached hydrogens (tertiary/aromatic N) is 1. The molecule has 0 spiro atoms. The third-order valence-corrected chi connectivity index (χ3v) is 1.40. The number of rotatable bonds is 1. The predicted molar refractivity (Wildman–Crippen MR) is 34.1 cm³/mol. The monoisotopic (exact) mass is 160 g/mol. The molecule has 1 rings (SSSR count). The number of carbonyl (C=O) groups excluding carboxylic acids is 1. The van der Waals surface area contributed by atoms with Gasteiger partial charge in [0.15, 0.2) is 0 Å². The third kappa shape index (κ3) is 1.73. The maximum atomic E-state index is 10.2. The minimum atomic E-state index is -1.01. The van der Waals surface area contributed by atoms with E-state index < -0.39 is 12.2 Å². The molecule has 1 fully saturated rings. The highest BCUT2D eigenvalue weighted by atomic mass is 16.6. The Morgan fingerprint density at radius 2 is 2.09 bits per heavy atom. The van der Waals surface area contributed by atoms with E-state index in [1.165, 1.54) is 0 Å². The van der Waals surface area contributed by atoms with Crippen LogP contribution in [0.1, 0.15) is 0 Å². The Labute approximate surface area is 62.5 Å². The zero-order valence-corrected chi connectivity index (χ0v) is 5.69. The van der Waals surface area contributed by atoms with Gasteiger partial charge in [0.1, 0.15) is 6.10 Å². The molecule has 62 valence electrons. The van der Waals surface area contributed by atoms with Gasteiger partial charge >= 0.3 is 12.2 Å². The van der Waals surface area contributed by atoms with Crippen molar-refractivity contribution in [3.05, 3.63) is 0 Å². The minimum absolute atomic E-state index is 0.221. The van der Waals surface area contributed by atoms with E-state index in [-0.39, 0.29) is 19.2 Å². The molecule has 0 aromatic carbocycles. The molecule has 0 aromatic heterocycles. The van der Waals surface area contributed by atoms with Gasteiger partial charge in [0, 0.05) is 0 Å². The molecule has 11 heavy (non-hydrogen) atoms. The molecule has 6 heteroatoms. The second kappa shape index (κ2) is 2.65. The van der Waals surface area contributed by atoms with Crippen LogP contribution in [0.5, 0.6) is 0 Å². The van der Waals surface area contributed by atoms with Crippen molar-refractivity contribution in [2.24, 2.45) is 5.73 Å². The van der Waals surface area contributed by atoms with Gasteiger partial charge in [0.2, 0.25) is 0 Å². The van der Waals surface area contributed by atoms with E-state index in [1.54, 1.807) is 0 Å². The summed E-state index contributed by atoms with van der Waals surface area (Å²) in [5, 5.41) is 8.34. The van der Waals surface area contributed by atoms with Gasteiger partial charge < -0.3 is 20.5 Å². The summed E-state index contributed by atoms with van der Waals surface area (Å²) in [4.78, 5) is 21.4. The van der Waals surface area contributed by atoms with E-state index in [4.69, 9.17) is 10.8 Å². The highest BCUT2D eigenvalue weighted by molar-refractivity contribution is 5.67. The quantitative estimate of drug-likeness (QED) is 0.537. The van der Waals surface area contributed by atoms with Crippen LogP contribution in [-0.4, -0.2) is 41.4 Å². The summed E-state index contributed by atoms with van der Waals surface area (Å²) in [6.45, 7) is 0.441. The number of primary amides is 1. The molecule has 6 nitrogen and oxygen atoms in total. The first kappa shape index (κ1) is 7.64. The maximum Gasteiger partial charge on any atom is 0.407 e. The van der Waals surface area contributed by atoms with Gasteiger partial charge in [-0.15, -0.1) is 0 Å². The number of likely N-dealkylation sites (tertiary alicyclic amines) is 1. The predicted octanol–water partition coefficient (Wildman–Crippen LogP) is -0.556. The summed E-state index contributed by atoms with van der Waals surface area (Å²) in [6.07, 6.45) is -2.22. The lowest BCUT2D eigenvalue weighted by atomic mass is 10.2. The van der Waals surface area contributed by atoms with Crippen LogP contribution < -0.4 is 5.73 Å². The number of ether oxygens (including phenoxy) is 1. The third-order valence-electron chi connectivity index (χ3n) is 1.40. The number of carboxylic acid groups (broad SMARTS) is 1. The van der Waals surface area contributed by atoms with Gasteiger partial charge in [-0.05, 0) is 0 Å². The summed E-state index contributed by atoms with van der Waals surface area (Å²) < 4.78 is 4.50. The Balaban J connectivity index is 2.19. The van der Waals surface area contributed by atoms with Gasteiger partial charge in [0.05, 0.1) is 13.1 Å². The van der Waals surface area contributed by atoms with Crippen molar-refractivity contribution in [1.29, 1.82) is 0 Å². The van der Waals surface area contributed by atoms with E-state index >= 15 is 0 Å². The van der Waals surface area contributed by atoms with Crippen LogP contribution in [0.4, 0.5) is 9.59 Å². The number of hydrogen-bond acceptors (Lipinski definition) is 3. The van der Waals surface area contributed by atoms with E-state index in [2.05, 4.69) is 4.74 Å². The molecule has 1 aliphatic rings. The van der Waals surface area contributed by atoms with Gasteiger partial charge in [-0.3, -0.25) is 0 Å². The molecule has 0 saturated carbocycles. The Bertz CT molecular complexity index is 187. The van der Waals surface area contributed by atoms with Crippen molar-refractivity contribution >= 4 is 12.2 Å². The van der Waals surface area contributed by atoms with Crippen molar-refractivity contribution in [3.8, 4) is 0 Å². The SMILES string of the molecule is NC(=O)OC1CN(C(=O)O)C1. The van der Waals surface area contributed by atoms with Crippen LogP contribution in [-0.2, 0) is 4.74 Å². The lowest BCUT2D eigenvalue weighted by Crippen LogP contribution is -2.55. The fraction of sp³-hybridized carbons (Fsp3) is 0.600. The van der Waals surface area contributed by atoms with Crippen LogP contribution in [0.15, 0.2) is 0 Å². The first-order valence-corrected chi connectivity index (χ1v) is 3.03. The first-order valence-electron chi connectivity index (χ1n) is 3.03. The zero-order chi connectivity index (χ0) is 8.43. The second-order valence-electron chi connectivity index (χ2n) is 2.25. The zero-order valence-electron chi connectivity index (χ0n) is 5.69. The maximum absolute atomic E-state index is 10.2. The number of hydrogen-bond donors (Lipinski definition) is 2. The molecule has 1 saturated heterocycles. The van der Waals surface area contributed by atoms with Crippen LogP contribution in [0.2, 0.25) is 0 Å². The summed E-state index contributed by atoms with van der Waals surface area (Å²) in [5.74, 6) is 0. The molecule has 2 amide bonds. The van der Waals surface area contributed by atoms with Gasteiger partial charge in [-0.25, -0.2) is 9.59 Å². The summed E-state index contributed by atoms with van der Waals surface area (Å²) in [6, 6.07) is 0. The van der Waals surface area contributed by atoms with E-state index in [1.807, 2.05) is 0 Å². The lowest BCUT2D eigenvalue weighted by molar-refractivity contribution is -0.00175. The minimum Gasteiger partial charge on any atom is -0.465 e. The van der Waals surface area contributed by atoms with E-state index in [9.17, 15) is 9.59 Å². The van der Waals surface area contributed by atoms with Crippen molar-refractivity contribution in [2.75, 3.05) is 13.1 Å². The average molecular weight is 160 g/mol. The molecule has 1 heterocycles. The van der Waals surface area contributed by atoms with Crippen LogP contribution >= 0.6 is 0 Å². The lowest BCUT2D eigenvalue weighted by Gasteiger charge is -2.35. The molecule has 3 N–H and O–H groups in total. The molecule has 0 atom stereocenters. The summed E-state index contributed by atoms with van der Waals surface area (Å²) >= 11 is 0. The molecule has 0 bridgehead atoms. The molecule has 0 unspecified atom stereocenters. The van der Waals surface area contributed by atoms with Crippen molar-refractivity contribution in [3.63, 3.8) is 0 Å². The Hall–Kier alpha value is -1.46. The Morgan fingerprint density at radius 1 is 1.55 bits per heavy atom. The van der Waals surface area contributed by atoms with Crippen molar-refractivity contribution in [1.82, 2.24) is 4.90 Å². The van der Waals surface area contributed by atoms with Crippen molar-refractivity contribution < 1.29 is 19.4 Å². The summed E-state index contributed by atoms with van der Waals surface area (Å²) in [7, 11) is 0. The number of nitrogens with two attached hydrogens (primary N) is 1. The van der Waals surface area contributed by atoms with Crippen molar-refractivity contribution in [2.45, 2.75) is 6.10 Å². The van der Waals surface area contributed by atoms with E-state index in [0.717, 1.165) is 4.90 Å². The topological polar surface area (TPSA) is 92.9 Å². The summed E-state index contributed by atoms with van der Waals surface area (Å²) in [5.41, 5.74) is 4.70.